The summed E-state index contributed by atoms with van der Waals surface area (Å²) in [6.45, 7) is 5.42. The highest BCUT2D eigenvalue weighted by Crippen LogP contribution is 2.26. The van der Waals surface area contributed by atoms with Crippen LogP contribution in [-0.4, -0.2) is 50.8 Å². The Labute approximate surface area is 169 Å². The maximum absolute atomic E-state index is 12.6. The Kier molecular flexibility index (Phi) is 5.87. The highest BCUT2D eigenvalue weighted by molar-refractivity contribution is 5.88. The summed E-state index contributed by atoms with van der Waals surface area (Å²) in [6, 6.07) is 9.54. The minimum atomic E-state index is -0.0509. The van der Waals surface area contributed by atoms with Crippen LogP contribution in [0.4, 0.5) is 0 Å². The third-order valence-corrected chi connectivity index (χ3v) is 5.28. The number of hydrogen-bond donors (Lipinski definition) is 1. The Morgan fingerprint density at radius 3 is 2.79 bits per heavy atom. The molecule has 1 N–H and O–H groups in total. The van der Waals surface area contributed by atoms with Gasteiger partial charge in [0.05, 0.1) is 39.0 Å². The third-order valence-electron chi connectivity index (χ3n) is 5.28. The van der Waals surface area contributed by atoms with Crippen LogP contribution in [0.5, 0.6) is 5.75 Å². The Morgan fingerprint density at radius 1 is 1.24 bits per heavy atom. The van der Waals surface area contributed by atoms with Crippen molar-refractivity contribution in [3.8, 4) is 5.75 Å². The number of morpholine rings is 1. The summed E-state index contributed by atoms with van der Waals surface area (Å²) in [4.78, 5) is 14.9. The zero-order valence-electron chi connectivity index (χ0n) is 16.8. The highest BCUT2D eigenvalue weighted by atomic mass is 16.5. The standard InChI is InChI=1S/C22H26N2O5/c1-15-3-6-20(29-15)19(24-7-9-27-10-8-24)13-23-22(25)11-16-14-28-21-12-17(26-2)4-5-18(16)21/h3-6,12,14,19H,7-11,13H2,1-2H3,(H,23,25). The van der Waals surface area contributed by atoms with Gasteiger partial charge >= 0.3 is 0 Å². The first kappa shape index (κ1) is 19.5. The number of hydrogen-bond acceptors (Lipinski definition) is 6. The highest BCUT2D eigenvalue weighted by Gasteiger charge is 2.26. The number of methoxy groups -OCH3 is 1. The average molecular weight is 398 g/mol. The van der Waals surface area contributed by atoms with Gasteiger partial charge in [0.1, 0.15) is 22.9 Å². The number of carbonyl (C=O) groups is 1. The van der Waals surface area contributed by atoms with Crippen molar-refractivity contribution < 1.29 is 23.1 Å². The predicted octanol–water partition coefficient (Wildman–Crippen LogP) is 3.08. The molecule has 1 saturated heterocycles. The number of amides is 1. The van der Waals surface area contributed by atoms with Crippen molar-refractivity contribution in [2.24, 2.45) is 0 Å². The van der Waals surface area contributed by atoms with E-state index in [0.29, 0.717) is 25.3 Å². The van der Waals surface area contributed by atoms with Crippen LogP contribution in [0.1, 0.15) is 23.1 Å². The second-order valence-electron chi connectivity index (χ2n) is 7.22. The number of aryl methyl sites for hydroxylation is 1. The summed E-state index contributed by atoms with van der Waals surface area (Å²) in [5.41, 5.74) is 1.57. The Hall–Kier alpha value is -2.77. The van der Waals surface area contributed by atoms with Crippen LogP contribution in [-0.2, 0) is 16.0 Å². The molecule has 1 atom stereocenters. The maximum atomic E-state index is 12.6. The molecule has 7 nitrogen and oxygen atoms in total. The topological polar surface area (TPSA) is 77.1 Å². The Morgan fingerprint density at radius 2 is 2.07 bits per heavy atom. The number of rotatable bonds is 7. The molecule has 1 aliphatic heterocycles. The van der Waals surface area contributed by atoms with Gasteiger partial charge in [-0.3, -0.25) is 9.69 Å². The van der Waals surface area contributed by atoms with Crippen LogP contribution in [0.25, 0.3) is 11.0 Å². The van der Waals surface area contributed by atoms with Crippen LogP contribution in [0.15, 0.2) is 45.4 Å². The molecule has 0 radical (unpaired) electrons. The van der Waals surface area contributed by atoms with E-state index < -0.39 is 0 Å². The molecule has 0 spiro atoms. The van der Waals surface area contributed by atoms with E-state index in [-0.39, 0.29) is 18.4 Å². The molecular weight excluding hydrogens is 372 g/mol. The fourth-order valence-electron chi connectivity index (χ4n) is 3.70. The predicted molar refractivity (Wildman–Crippen MR) is 108 cm³/mol. The minimum Gasteiger partial charge on any atom is -0.497 e. The largest absolute Gasteiger partial charge is 0.497 e. The quantitative estimate of drug-likeness (QED) is 0.659. The van der Waals surface area contributed by atoms with Gasteiger partial charge in [-0.25, -0.2) is 0 Å². The Balaban J connectivity index is 1.42. The van der Waals surface area contributed by atoms with E-state index in [4.69, 9.17) is 18.3 Å². The van der Waals surface area contributed by atoms with Crippen molar-refractivity contribution >= 4 is 16.9 Å². The van der Waals surface area contributed by atoms with Gasteiger partial charge in [-0.15, -0.1) is 0 Å². The van der Waals surface area contributed by atoms with Crippen molar-refractivity contribution in [3.63, 3.8) is 0 Å². The summed E-state index contributed by atoms with van der Waals surface area (Å²) in [6.07, 6.45) is 1.89. The van der Waals surface area contributed by atoms with Crippen LogP contribution in [0.3, 0.4) is 0 Å². The third kappa shape index (κ3) is 4.46. The molecular formula is C22H26N2O5. The molecule has 7 heteroatoms. The lowest BCUT2D eigenvalue weighted by molar-refractivity contribution is -0.120. The minimum absolute atomic E-state index is 0.0121. The molecule has 1 aromatic carbocycles. The first-order valence-corrected chi connectivity index (χ1v) is 9.83. The monoisotopic (exact) mass is 398 g/mol. The van der Waals surface area contributed by atoms with Crippen molar-refractivity contribution in [1.82, 2.24) is 10.2 Å². The fraction of sp³-hybridized carbons (Fsp3) is 0.409. The molecule has 3 aromatic rings. The average Bonchev–Trinajstić information content (AvgIpc) is 3.35. The maximum Gasteiger partial charge on any atom is 0.224 e. The second-order valence-corrected chi connectivity index (χ2v) is 7.22. The van der Waals surface area contributed by atoms with Crippen LogP contribution < -0.4 is 10.1 Å². The van der Waals surface area contributed by atoms with E-state index in [2.05, 4.69) is 10.2 Å². The number of fused-ring (bicyclic) bond motifs is 1. The summed E-state index contributed by atoms with van der Waals surface area (Å²) in [7, 11) is 1.61. The van der Waals surface area contributed by atoms with E-state index in [1.54, 1.807) is 13.4 Å². The molecule has 29 heavy (non-hydrogen) atoms. The molecule has 0 bridgehead atoms. The number of nitrogens with one attached hydrogen (secondary N) is 1. The molecule has 0 saturated carbocycles. The fourth-order valence-corrected chi connectivity index (χ4v) is 3.70. The van der Waals surface area contributed by atoms with E-state index >= 15 is 0 Å². The van der Waals surface area contributed by atoms with Crippen molar-refractivity contribution in [2.45, 2.75) is 19.4 Å². The molecule has 1 aliphatic rings. The van der Waals surface area contributed by atoms with Gasteiger partial charge in [-0.05, 0) is 31.2 Å². The number of benzene rings is 1. The molecule has 1 fully saturated rings. The summed E-state index contributed by atoms with van der Waals surface area (Å²) >= 11 is 0. The van der Waals surface area contributed by atoms with Crippen molar-refractivity contribution in [1.29, 1.82) is 0 Å². The first-order valence-electron chi connectivity index (χ1n) is 9.83. The lowest BCUT2D eigenvalue weighted by atomic mass is 10.1. The first-order chi connectivity index (χ1) is 14.1. The SMILES string of the molecule is COc1ccc2c(CC(=O)NCC(c3ccc(C)o3)N3CCOCC3)coc2c1. The lowest BCUT2D eigenvalue weighted by Gasteiger charge is -2.33. The van der Waals surface area contributed by atoms with Crippen molar-refractivity contribution in [3.05, 3.63) is 53.7 Å². The Bertz CT molecular complexity index is 971. The number of nitrogens with zero attached hydrogens (tertiary/aromatic N) is 1. The molecule has 3 heterocycles. The van der Waals surface area contributed by atoms with E-state index in [1.807, 2.05) is 37.3 Å². The molecule has 154 valence electrons. The molecule has 1 amide bonds. The number of carbonyl (C=O) groups excluding carboxylic acids is 1. The zero-order valence-corrected chi connectivity index (χ0v) is 16.8. The van der Waals surface area contributed by atoms with Gasteiger partial charge < -0.3 is 23.6 Å². The summed E-state index contributed by atoms with van der Waals surface area (Å²) in [5.74, 6) is 2.41. The van der Waals surface area contributed by atoms with Crippen LogP contribution >= 0.6 is 0 Å². The molecule has 2 aromatic heterocycles. The van der Waals surface area contributed by atoms with Gasteiger partial charge in [0.2, 0.25) is 5.91 Å². The second kappa shape index (κ2) is 8.71. The van der Waals surface area contributed by atoms with E-state index in [0.717, 1.165) is 41.3 Å². The zero-order chi connectivity index (χ0) is 20.2. The molecule has 0 aliphatic carbocycles. The van der Waals surface area contributed by atoms with Gasteiger partial charge in [0.15, 0.2) is 0 Å². The number of furan rings is 2. The van der Waals surface area contributed by atoms with Crippen LogP contribution in [0, 0.1) is 6.92 Å². The van der Waals surface area contributed by atoms with Crippen molar-refractivity contribution in [2.75, 3.05) is 40.0 Å². The summed E-state index contributed by atoms with van der Waals surface area (Å²) < 4.78 is 22.1. The smallest absolute Gasteiger partial charge is 0.224 e. The van der Waals surface area contributed by atoms with Gasteiger partial charge in [-0.1, -0.05) is 0 Å². The van der Waals surface area contributed by atoms with Gasteiger partial charge in [0.25, 0.3) is 0 Å². The normalized spacial score (nSPS) is 16.1. The van der Waals surface area contributed by atoms with Gasteiger partial charge in [0, 0.05) is 36.7 Å². The molecule has 4 rings (SSSR count). The van der Waals surface area contributed by atoms with E-state index in [9.17, 15) is 4.79 Å². The van der Waals surface area contributed by atoms with Crippen LogP contribution in [0.2, 0.25) is 0 Å². The number of ether oxygens (including phenoxy) is 2. The van der Waals surface area contributed by atoms with E-state index in [1.165, 1.54) is 0 Å². The molecule has 1 unspecified atom stereocenters. The lowest BCUT2D eigenvalue weighted by Crippen LogP contribution is -2.43. The summed E-state index contributed by atoms with van der Waals surface area (Å²) in [5, 5.41) is 3.99. The van der Waals surface area contributed by atoms with Gasteiger partial charge in [-0.2, -0.15) is 0 Å².